The number of anilines is 1. The first-order valence-electron chi connectivity index (χ1n) is 8.90. The van der Waals surface area contributed by atoms with Crippen LogP contribution < -0.4 is 10.6 Å². The van der Waals surface area contributed by atoms with Gasteiger partial charge in [0.15, 0.2) is 0 Å². The van der Waals surface area contributed by atoms with Crippen molar-refractivity contribution in [3.8, 4) is 0 Å². The maximum atomic E-state index is 13.0. The third-order valence-corrected chi connectivity index (χ3v) is 5.42. The molecular weight excluding hydrogens is 318 g/mol. The van der Waals surface area contributed by atoms with Gasteiger partial charge in [-0.1, -0.05) is 0 Å². The number of imidazole rings is 1. The summed E-state index contributed by atoms with van der Waals surface area (Å²) >= 11 is 0. The van der Waals surface area contributed by atoms with E-state index in [0.717, 1.165) is 48.6 Å². The molecule has 0 unspecified atom stereocenters. The smallest absolute Gasteiger partial charge is 0.254 e. The molecule has 0 bridgehead atoms. The maximum absolute atomic E-state index is 13.0. The molecule has 2 fully saturated rings. The molecule has 134 valence electrons. The maximum Gasteiger partial charge on any atom is 0.254 e. The average Bonchev–Trinajstić information content (AvgIpc) is 3.30. The molecule has 2 atom stereocenters. The van der Waals surface area contributed by atoms with Gasteiger partial charge in [0.2, 0.25) is 5.95 Å². The van der Waals surface area contributed by atoms with Gasteiger partial charge in [0.25, 0.3) is 5.91 Å². The molecule has 1 aromatic carbocycles. The van der Waals surface area contributed by atoms with E-state index in [1.54, 1.807) is 7.11 Å². The zero-order valence-electron chi connectivity index (χ0n) is 14.8. The third kappa shape index (κ3) is 2.87. The van der Waals surface area contributed by atoms with Crippen molar-refractivity contribution in [2.45, 2.75) is 12.5 Å². The molecule has 0 saturated carbocycles. The van der Waals surface area contributed by atoms with Crippen molar-refractivity contribution in [3.05, 3.63) is 23.8 Å². The highest BCUT2D eigenvalue weighted by Gasteiger charge is 2.40. The Morgan fingerprint density at radius 2 is 2.32 bits per heavy atom. The highest BCUT2D eigenvalue weighted by molar-refractivity contribution is 5.98. The number of methoxy groups -OCH3 is 1. The van der Waals surface area contributed by atoms with E-state index in [0.29, 0.717) is 25.1 Å². The SMILES string of the molecule is COCCNc1nc2cc(C(=O)N3CC[C@@H]4CNC[C@@H]43)ccc2n1C. The minimum atomic E-state index is 0.123. The number of nitrogens with one attached hydrogen (secondary N) is 2. The summed E-state index contributed by atoms with van der Waals surface area (Å²) in [5, 5.41) is 6.66. The number of carbonyl (C=O) groups excluding carboxylic acids is 1. The summed E-state index contributed by atoms with van der Waals surface area (Å²) in [6.45, 7) is 4.13. The first kappa shape index (κ1) is 16.4. The molecular formula is C18H25N5O2. The molecule has 1 aromatic heterocycles. The summed E-state index contributed by atoms with van der Waals surface area (Å²) in [6.07, 6.45) is 1.10. The second kappa shape index (κ2) is 6.65. The van der Waals surface area contributed by atoms with Crippen LogP contribution in [0.25, 0.3) is 11.0 Å². The zero-order chi connectivity index (χ0) is 17.4. The Labute approximate surface area is 147 Å². The summed E-state index contributed by atoms with van der Waals surface area (Å²) in [5.41, 5.74) is 2.58. The highest BCUT2D eigenvalue weighted by atomic mass is 16.5. The van der Waals surface area contributed by atoms with Crippen molar-refractivity contribution in [1.29, 1.82) is 0 Å². The molecule has 2 aromatic rings. The number of fused-ring (bicyclic) bond motifs is 2. The fraction of sp³-hybridized carbons (Fsp3) is 0.556. The van der Waals surface area contributed by atoms with Crippen molar-refractivity contribution in [1.82, 2.24) is 19.8 Å². The molecule has 7 nitrogen and oxygen atoms in total. The van der Waals surface area contributed by atoms with Crippen molar-refractivity contribution >= 4 is 22.9 Å². The first-order chi connectivity index (χ1) is 12.2. The largest absolute Gasteiger partial charge is 0.383 e. The highest BCUT2D eigenvalue weighted by Crippen LogP contribution is 2.29. The zero-order valence-corrected chi connectivity index (χ0v) is 14.8. The van der Waals surface area contributed by atoms with Gasteiger partial charge in [0, 0.05) is 51.9 Å². The Kier molecular flexibility index (Phi) is 4.35. The van der Waals surface area contributed by atoms with Crippen LogP contribution >= 0.6 is 0 Å². The quantitative estimate of drug-likeness (QED) is 0.795. The number of ether oxygens (including phenoxy) is 1. The Morgan fingerprint density at radius 3 is 3.16 bits per heavy atom. The van der Waals surface area contributed by atoms with E-state index in [2.05, 4.69) is 15.6 Å². The molecule has 2 N–H and O–H groups in total. The molecule has 3 heterocycles. The van der Waals surface area contributed by atoms with Crippen LogP contribution in [0.4, 0.5) is 5.95 Å². The van der Waals surface area contributed by atoms with Crippen LogP contribution in [-0.4, -0.2) is 66.3 Å². The molecule has 2 aliphatic heterocycles. The number of nitrogens with zero attached hydrogens (tertiary/aromatic N) is 3. The van der Waals surface area contributed by atoms with E-state index in [1.165, 1.54) is 0 Å². The number of rotatable bonds is 5. The van der Waals surface area contributed by atoms with Crippen LogP contribution in [0, 0.1) is 5.92 Å². The lowest BCUT2D eigenvalue weighted by atomic mass is 10.0. The summed E-state index contributed by atoms with van der Waals surface area (Å²) in [6, 6.07) is 6.16. The lowest BCUT2D eigenvalue weighted by Crippen LogP contribution is -2.39. The second-order valence-electron chi connectivity index (χ2n) is 6.89. The molecule has 7 heteroatoms. The number of likely N-dealkylation sites (tertiary alicyclic amines) is 1. The molecule has 0 radical (unpaired) electrons. The standard InChI is InChI=1S/C18H25N5O2/c1-22-15-4-3-12(9-14(15)21-18(22)20-6-8-25-2)17(24)23-7-5-13-10-19-11-16(13)23/h3-4,9,13,16,19H,5-8,10-11H2,1-2H3,(H,20,21)/t13-,16+/m1/s1. The van der Waals surface area contributed by atoms with Gasteiger partial charge in [-0.25, -0.2) is 4.98 Å². The van der Waals surface area contributed by atoms with Gasteiger partial charge in [-0.05, 0) is 30.5 Å². The molecule has 1 amide bonds. The lowest BCUT2D eigenvalue weighted by molar-refractivity contribution is 0.0737. The molecule has 0 aliphatic carbocycles. The predicted octanol–water partition coefficient (Wildman–Crippen LogP) is 1.07. The monoisotopic (exact) mass is 343 g/mol. The van der Waals surface area contributed by atoms with Crippen molar-refractivity contribution in [3.63, 3.8) is 0 Å². The molecule has 25 heavy (non-hydrogen) atoms. The van der Waals surface area contributed by atoms with Gasteiger partial charge in [-0.15, -0.1) is 0 Å². The Bertz CT molecular complexity index is 787. The second-order valence-corrected chi connectivity index (χ2v) is 6.89. The first-order valence-corrected chi connectivity index (χ1v) is 8.90. The van der Waals surface area contributed by atoms with Crippen molar-refractivity contribution in [2.24, 2.45) is 13.0 Å². The number of carbonyl (C=O) groups is 1. The normalized spacial score (nSPS) is 22.6. The lowest BCUT2D eigenvalue weighted by Gasteiger charge is -2.23. The van der Waals surface area contributed by atoms with Crippen LogP contribution in [0.5, 0.6) is 0 Å². The van der Waals surface area contributed by atoms with Crippen LogP contribution in [0.1, 0.15) is 16.8 Å². The topological polar surface area (TPSA) is 71.4 Å². The van der Waals surface area contributed by atoms with Gasteiger partial charge in [-0.2, -0.15) is 0 Å². The van der Waals surface area contributed by atoms with Gasteiger partial charge in [-0.3, -0.25) is 4.79 Å². The van der Waals surface area contributed by atoms with E-state index in [1.807, 2.05) is 34.7 Å². The van der Waals surface area contributed by atoms with E-state index < -0.39 is 0 Å². The van der Waals surface area contributed by atoms with Gasteiger partial charge in [0.05, 0.1) is 17.6 Å². The number of aromatic nitrogens is 2. The Morgan fingerprint density at radius 1 is 1.44 bits per heavy atom. The summed E-state index contributed by atoms with van der Waals surface area (Å²) < 4.78 is 7.07. The molecule has 4 rings (SSSR count). The Balaban J connectivity index is 1.57. The van der Waals surface area contributed by atoms with Crippen LogP contribution in [0.15, 0.2) is 18.2 Å². The third-order valence-electron chi connectivity index (χ3n) is 5.42. The van der Waals surface area contributed by atoms with Crippen molar-refractivity contribution in [2.75, 3.05) is 45.2 Å². The molecule has 2 saturated heterocycles. The predicted molar refractivity (Wildman–Crippen MR) is 96.9 cm³/mol. The number of aryl methyl sites for hydroxylation is 1. The number of hydrogen-bond acceptors (Lipinski definition) is 5. The number of hydrogen-bond donors (Lipinski definition) is 2. The summed E-state index contributed by atoms with van der Waals surface area (Å²) in [5.74, 6) is 1.52. The summed E-state index contributed by atoms with van der Waals surface area (Å²) in [7, 11) is 3.65. The van der Waals surface area contributed by atoms with E-state index in [4.69, 9.17) is 4.74 Å². The van der Waals surface area contributed by atoms with Crippen LogP contribution in [0.2, 0.25) is 0 Å². The van der Waals surface area contributed by atoms with E-state index >= 15 is 0 Å². The number of amides is 1. The minimum Gasteiger partial charge on any atom is -0.383 e. The van der Waals surface area contributed by atoms with Crippen LogP contribution in [-0.2, 0) is 11.8 Å². The van der Waals surface area contributed by atoms with E-state index in [9.17, 15) is 4.79 Å². The van der Waals surface area contributed by atoms with Crippen molar-refractivity contribution < 1.29 is 9.53 Å². The van der Waals surface area contributed by atoms with Gasteiger partial charge in [0.1, 0.15) is 0 Å². The fourth-order valence-corrected chi connectivity index (χ4v) is 4.02. The fourth-order valence-electron chi connectivity index (χ4n) is 4.02. The number of benzene rings is 1. The minimum absolute atomic E-state index is 0.123. The van der Waals surface area contributed by atoms with Gasteiger partial charge < -0.3 is 24.8 Å². The summed E-state index contributed by atoms with van der Waals surface area (Å²) in [4.78, 5) is 19.6. The molecule has 0 spiro atoms. The molecule has 2 aliphatic rings. The van der Waals surface area contributed by atoms with E-state index in [-0.39, 0.29) is 5.91 Å². The average molecular weight is 343 g/mol. The Hall–Kier alpha value is -2.12. The van der Waals surface area contributed by atoms with Crippen LogP contribution in [0.3, 0.4) is 0 Å². The van der Waals surface area contributed by atoms with Gasteiger partial charge >= 0.3 is 0 Å².